The Hall–Kier alpha value is -4.15. The Bertz CT molecular complexity index is 1360. The maximum atomic E-state index is 14.5. The average Bonchev–Trinajstić information content (AvgIpc) is 3.61. The molecule has 1 saturated heterocycles. The Morgan fingerprint density at radius 2 is 1.97 bits per heavy atom. The third kappa shape index (κ3) is 3.68. The van der Waals surface area contributed by atoms with E-state index in [0.717, 1.165) is 6.07 Å². The number of likely N-dealkylation sites (tertiary alicyclic amines) is 1. The van der Waals surface area contributed by atoms with Crippen molar-refractivity contribution in [2.75, 3.05) is 13.7 Å². The van der Waals surface area contributed by atoms with Gasteiger partial charge >= 0.3 is 0 Å². The van der Waals surface area contributed by atoms with E-state index in [1.165, 1.54) is 36.4 Å². The fourth-order valence-electron chi connectivity index (χ4n) is 4.13. The highest BCUT2D eigenvalue weighted by atomic mass is 19.1. The van der Waals surface area contributed by atoms with Crippen molar-refractivity contribution in [3.05, 3.63) is 71.3 Å². The van der Waals surface area contributed by atoms with Crippen LogP contribution in [0.15, 0.2) is 47.2 Å². The van der Waals surface area contributed by atoms with Crippen LogP contribution in [0.25, 0.3) is 17.1 Å². The van der Waals surface area contributed by atoms with Gasteiger partial charge in [0, 0.05) is 18.2 Å². The van der Waals surface area contributed by atoms with Gasteiger partial charge in [0.15, 0.2) is 17.4 Å². The van der Waals surface area contributed by atoms with Gasteiger partial charge in [-0.05, 0) is 43.5 Å². The van der Waals surface area contributed by atoms with Crippen molar-refractivity contribution in [3.63, 3.8) is 0 Å². The maximum absolute atomic E-state index is 14.5. The van der Waals surface area contributed by atoms with Crippen LogP contribution >= 0.6 is 0 Å². The average molecular weight is 466 g/mol. The normalized spacial score (nSPS) is 15.6. The lowest BCUT2D eigenvalue weighted by Crippen LogP contribution is -2.32. The predicted molar refractivity (Wildman–Crippen MR) is 115 cm³/mol. The largest absolute Gasteiger partial charge is 0.494 e. The van der Waals surface area contributed by atoms with Crippen LogP contribution in [0.4, 0.5) is 8.78 Å². The summed E-state index contributed by atoms with van der Waals surface area (Å²) in [6.45, 7) is 2.07. The van der Waals surface area contributed by atoms with Crippen LogP contribution in [-0.4, -0.2) is 49.6 Å². The summed E-state index contributed by atoms with van der Waals surface area (Å²) >= 11 is 0. The van der Waals surface area contributed by atoms with Crippen molar-refractivity contribution >= 4 is 5.91 Å². The lowest BCUT2D eigenvalue weighted by atomic mass is 10.1. The fourth-order valence-corrected chi connectivity index (χ4v) is 4.13. The van der Waals surface area contributed by atoms with E-state index < -0.39 is 11.9 Å². The van der Waals surface area contributed by atoms with E-state index in [0.29, 0.717) is 36.3 Å². The van der Waals surface area contributed by atoms with Crippen molar-refractivity contribution in [1.82, 2.24) is 30.0 Å². The van der Waals surface area contributed by atoms with Crippen LogP contribution in [-0.2, 0) is 0 Å². The highest BCUT2D eigenvalue weighted by molar-refractivity contribution is 5.98. The Labute approximate surface area is 192 Å². The molecule has 1 aliphatic rings. The fraction of sp³-hybridized carbons (Fsp3) is 0.261. The minimum atomic E-state index is -0.641. The minimum absolute atomic E-state index is 0.0709. The first kappa shape index (κ1) is 21.7. The third-order valence-electron chi connectivity index (χ3n) is 5.89. The summed E-state index contributed by atoms with van der Waals surface area (Å²) in [6.07, 6.45) is 4.20. The highest BCUT2D eigenvalue weighted by Crippen LogP contribution is 2.35. The smallest absolute Gasteiger partial charge is 0.258 e. The van der Waals surface area contributed by atoms with Gasteiger partial charge in [-0.1, -0.05) is 11.2 Å². The molecule has 0 saturated carbocycles. The van der Waals surface area contributed by atoms with Gasteiger partial charge in [0.2, 0.25) is 0 Å². The molecule has 1 atom stereocenters. The molecule has 11 heteroatoms. The van der Waals surface area contributed by atoms with E-state index in [-0.39, 0.29) is 34.6 Å². The van der Waals surface area contributed by atoms with Crippen molar-refractivity contribution in [2.24, 2.45) is 0 Å². The second-order valence-electron chi connectivity index (χ2n) is 7.85. The zero-order chi connectivity index (χ0) is 23.8. The first-order valence-corrected chi connectivity index (χ1v) is 10.6. The summed E-state index contributed by atoms with van der Waals surface area (Å²) in [5.41, 5.74) is 1.24. The SMILES string of the molecule is COc1cc(C(=O)N2CCC[C@H]2c2noc(-c3cccc(F)c3C)n2)c(-n2nccn2)cc1F. The van der Waals surface area contributed by atoms with E-state index in [2.05, 4.69) is 20.3 Å². The number of hydrogen-bond acceptors (Lipinski definition) is 7. The Kier molecular flexibility index (Phi) is 5.52. The van der Waals surface area contributed by atoms with Gasteiger partial charge in [0.1, 0.15) is 11.5 Å². The molecule has 174 valence electrons. The van der Waals surface area contributed by atoms with Crippen molar-refractivity contribution < 1.29 is 22.8 Å². The molecule has 0 unspecified atom stereocenters. The molecule has 1 aliphatic heterocycles. The summed E-state index contributed by atoms with van der Waals surface area (Å²) in [4.78, 5) is 20.9. The molecule has 2 aromatic carbocycles. The number of benzene rings is 2. The monoisotopic (exact) mass is 466 g/mol. The number of nitrogens with zero attached hydrogens (tertiary/aromatic N) is 6. The van der Waals surface area contributed by atoms with Crippen LogP contribution in [0.5, 0.6) is 5.75 Å². The molecule has 3 heterocycles. The first-order valence-electron chi connectivity index (χ1n) is 10.6. The minimum Gasteiger partial charge on any atom is -0.494 e. The second kappa shape index (κ2) is 8.65. The van der Waals surface area contributed by atoms with Gasteiger partial charge in [-0.15, -0.1) is 0 Å². The molecule has 0 radical (unpaired) electrons. The lowest BCUT2D eigenvalue weighted by molar-refractivity contribution is 0.0727. The molecule has 0 aliphatic carbocycles. The molecule has 9 nitrogen and oxygen atoms in total. The summed E-state index contributed by atoms with van der Waals surface area (Å²) in [6, 6.07) is 6.66. The molecule has 4 aromatic rings. The number of aromatic nitrogens is 5. The number of hydrogen-bond donors (Lipinski definition) is 0. The quantitative estimate of drug-likeness (QED) is 0.440. The number of rotatable bonds is 5. The van der Waals surface area contributed by atoms with Crippen LogP contribution in [0.2, 0.25) is 0 Å². The highest BCUT2D eigenvalue weighted by Gasteiger charge is 2.36. The van der Waals surface area contributed by atoms with E-state index in [4.69, 9.17) is 9.26 Å². The van der Waals surface area contributed by atoms with Gasteiger partial charge < -0.3 is 14.2 Å². The first-order chi connectivity index (χ1) is 16.5. The molecule has 5 rings (SSSR count). The molecule has 34 heavy (non-hydrogen) atoms. The van der Waals surface area contributed by atoms with E-state index in [9.17, 15) is 13.6 Å². The number of amides is 1. The summed E-state index contributed by atoms with van der Waals surface area (Å²) in [5.74, 6) is -0.967. The van der Waals surface area contributed by atoms with Gasteiger partial charge in [0.25, 0.3) is 11.8 Å². The molecular formula is C23H20F2N6O3. The van der Waals surface area contributed by atoms with E-state index in [1.807, 2.05) is 0 Å². The van der Waals surface area contributed by atoms with Gasteiger partial charge in [-0.25, -0.2) is 8.78 Å². The summed E-state index contributed by atoms with van der Waals surface area (Å²) < 4.78 is 38.9. The molecule has 1 amide bonds. The Balaban J connectivity index is 1.50. The standard InChI is InChI=1S/C23H20F2N6O3/c1-13-14(5-3-6-16(13)24)22-28-21(29-34-22)18-7-4-10-30(18)23(32)15-11-20(33-2)17(25)12-19(15)31-26-8-9-27-31/h3,5-6,8-9,11-12,18H,4,7,10H2,1-2H3/t18-/m0/s1. The van der Waals surface area contributed by atoms with E-state index >= 15 is 0 Å². The van der Waals surface area contributed by atoms with Crippen LogP contribution in [0.3, 0.4) is 0 Å². The van der Waals surface area contributed by atoms with Crippen molar-refractivity contribution in [2.45, 2.75) is 25.8 Å². The number of carbonyl (C=O) groups is 1. The van der Waals surface area contributed by atoms with Crippen molar-refractivity contribution in [1.29, 1.82) is 0 Å². The second-order valence-corrected chi connectivity index (χ2v) is 7.85. The number of methoxy groups -OCH3 is 1. The maximum Gasteiger partial charge on any atom is 0.258 e. The molecular weight excluding hydrogens is 446 g/mol. The third-order valence-corrected chi connectivity index (χ3v) is 5.89. The zero-order valence-electron chi connectivity index (χ0n) is 18.4. The zero-order valence-corrected chi connectivity index (χ0v) is 18.4. The molecule has 0 bridgehead atoms. The topological polar surface area (TPSA) is 99.2 Å². The van der Waals surface area contributed by atoms with Gasteiger partial charge in [-0.3, -0.25) is 4.79 Å². The summed E-state index contributed by atoms with van der Waals surface area (Å²) in [5, 5.41) is 12.2. The number of ether oxygens (including phenoxy) is 1. The molecule has 0 spiro atoms. The number of halogens is 2. The van der Waals surface area contributed by atoms with Crippen LogP contribution in [0.1, 0.15) is 40.6 Å². The molecule has 0 N–H and O–H groups in total. The molecule has 1 fully saturated rings. The van der Waals surface area contributed by atoms with Gasteiger partial charge in [-0.2, -0.15) is 20.0 Å². The predicted octanol–water partition coefficient (Wildman–Crippen LogP) is 3.89. The number of carbonyl (C=O) groups excluding carboxylic acids is 1. The molecule has 2 aromatic heterocycles. The lowest BCUT2D eigenvalue weighted by Gasteiger charge is -2.23. The van der Waals surface area contributed by atoms with Crippen molar-refractivity contribution in [3.8, 4) is 22.9 Å². The van der Waals surface area contributed by atoms with Crippen LogP contribution in [0, 0.1) is 18.6 Å². The Morgan fingerprint density at radius 3 is 2.74 bits per heavy atom. The summed E-state index contributed by atoms with van der Waals surface area (Å²) in [7, 11) is 1.33. The van der Waals surface area contributed by atoms with E-state index in [1.54, 1.807) is 24.0 Å². The Morgan fingerprint density at radius 1 is 1.18 bits per heavy atom. The van der Waals surface area contributed by atoms with Gasteiger partial charge in [0.05, 0.1) is 31.1 Å². The van der Waals surface area contributed by atoms with Crippen LogP contribution < -0.4 is 4.74 Å².